The fraction of sp³-hybridized carbons (Fsp3) is 0.308. The molecule has 0 saturated carbocycles. The number of hydrogen-bond acceptors (Lipinski definition) is 6. The maximum atomic E-state index is 12.2. The number of rotatable bonds is 3. The highest BCUT2D eigenvalue weighted by Gasteiger charge is 2.12. The van der Waals surface area contributed by atoms with Gasteiger partial charge in [-0.2, -0.15) is 0 Å². The van der Waals surface area contributed by atoms with E-state index in [-0.39, 0.29) is 18.0 Å². The van der Waals surface area contributed by atoms with Crippen LogP contribution in [0.25, 0.3) is 10.9 Å². The Morgan fingerprint density at radius 3 is 2.75 bits per heavy atom. The number of benzene rings is 1. The molecule has 2 aromatic heterocycles. The predicted molar refractivity (Wildman–Crippen MR) is 71.3 cm³/mol. The third-order valence-corrected chi connectivity index (χ3v) is 2.89. The number of nitrogens with zero attached hydrogens (tertiary/aromatic N) is 5. The van der Waals surface area contributed by atoms with E-state index in [1.807, 2.05) is 19.9 Å². The Morgan fingerprint density at radius 1 is 1.20 bits per heavy atom. The largest absolute Gasteiger partial charge is 0.423 e. The zero-order chi connectivity index (χ0) is 14.1. The number of aromatic nitrogens is 5. The molecule has 102 valence electrons. The predicted octanol–water partition coefficient (Wildman–Crippen LogP) is 1.35. The standard InChI is InChI=1S/C13H13N5O2/c1-8(2)12-16-15-11(20-12)7-18-13(19)9-5-3-4-6-10(9)14-17-18/h3-6,8H,7H2,1-2H3. The molecular formula is C13H13N5O2. The molecule has 7 nitrogen and oxygen atoms in total. The van der Waals surface area contributed by atoms with Crippen molar-refractivity contribution in [2.45, 2.75) is 26.3 Å². The van der Waals surface area contributed by atoms with Crippen LogP contribution in [0.4, 0.5) is 0 Å². The van der Waals surface area contributed by atoms with Crippen molar-refractivity contribution in [1.29, 1.82) is 0 Å². The van der Waals surface area contributed by atoms with Gasteiger partial charge in [0.15, 0.2) is 0 Å². The minimum Gasteiger partial charge on any atom is -0.423 e. The molecule has 0 radical (unpaired) electrons. The van der Waals surface area contributed by atoms with Crippen molar-refractivity contribution in [3.8, 4) is 0 Å². The quantitative estimate of drug-likeness (QED) is 0.714. The summed E-state index contributed by atoms with van der Waals surface area (Å²) >= 11 is 0. The molecular weight excluding hydrogens is 258 g/mol. The Bertz CT molecular complexity index is 806. The van der Waals surface area contributed by atoms with E-state index in [0.717, 1.165) is 0 Å². The minimum absolute atomic E-state index is 0.121. The van der Waals surface area contributed by atoms with Crippen LogP contribution in [0.5, 0.6) is 0 Å². The van der Waals surface area contributed by atoms with Gasteiger partial charge in [-0.05, 0) is 12.1 Å². The van der Waals surface area contributed by atoms with E-state index in [0.29, 0.717) is 22.7 Å². The van der Waals surface area contributed by atoms with Crippen molar-refractivity contribution >= 4 is 10.9 Å². The van der Waals surface area contributed by atoms with Gasteiger partial charge >= 0.3 is 0 Å². The van der Waals surface area contributed by atoms with Crippen molar-refractivity contribution in [2.24, 2.45) is 0 Å². The van der Waals surface area contributed by atoms with Crippen molar-refractivity contribution in [1.82, 2.24) is 25.2 Å². The summed E-state index contributed by atoms with van der Waals surface area (Å²) in [5.74, 6) is 1.04. The van der Waals surface area contributed by atoms with Gasteiger partial charge in [0.2, 0.25) is 11.8 Å². The first-order valence-corrected chi connectivity index (χ1v) is 6.30. The number of fused-ring (bicyclic) bond motifs is 1. The third-order valence-electron chi connectivity index (χ3n) is 2.89. The molecule has 0 unspecified atom stereocenters. The highest BCUT2D eigenvalue weighted by Crippen LogP contribution is 2.12. The van der Waals surface area contributed by atoms with E-state index < -0.39 is 0 Å². The Labute approximate surface area is 114 Å². The second-order valence-electron chi connectivity index (χ2n) is 4.76. The fourth-order valence-electron chi connectivity index (χ4n) is 1.82. The molecule has 3 rings (SSSR count). The van der Waals surface area contributed by atoms with Crippen LogP contribution in [0.1, 0.15) is 31.5 Å². The summed E-state index contributed by atoms with van der Waals surface area (Å²) in [6.45, 7) is 4.04. The Morgan fingerprint density at radius 2 is 2.00 bits per heavy atom. The molecule has 0 aliphatic rings. The van der Waals surface area contributed by atoms with E-state index in [2.05, 4.69) is 20.5 Å². The Balaban J connectivity index is 1.98. The maximum absolute atomic E-state index is 12.2. The highest BCUT2D eigenvalue weighted by molar-refractivity contribution is 5.76. The van der Waals surface area contributed by atoms with Crippen molar-refractivity contribution in [3.63, 3.8) is 0 Å². The number of hydrogen-bond donors (Lipinski definition) is 0. The summed E-state index contributed by atoms with van der Waals surface area (Å²) in [7, 11) is 0. The molecule has 0 spiro atoms. The summed E-state index contributed by atoms with van der Waals surface area (Å²) in [6, 6.07) is 7.07. The normalized spacial score (nSPS) is 11.3. The van der Waals surface area contributed by atoms with Gasteiger partial charge in [-0.15, -0.1) is 15.3 Å². The van der Waals surface area contributed by atoms with Gasteiger partial charge in [0.25, 0.3) is 5.56 Å². The molecule has 20 heavy (non-hydrogen) atoms. The van der Waals surface area contributed by atoms with Crippen LogP contribution in [0.15, 0.2) is 33.5 Å². The van der Waals surface area contributed by atoms with Gasteiger partial charge in [0, 0.05) is 5.92 Å². The molecule has 0 bridgehead atoms. The van der Waals surface area contributed by atoms with Crippen LogP contribution in [0, 0.1) is 0 Å². The van der Waals surface area contributed by atoms with Crippen LogP contribution in [0.2, 0.25) is 0 Å². The molecule has 0 N–H and O–H groups in total. The smallest absolute Gasteiger partial charge is 0.278 e. The first kappa shape index (κ1) is 12.5. The molecule has 0 fully saturated rings. The minimum atomic E-state index is -0.222. The molecule has 2 heterocycles. The lowest BCUT2D eigenvalue weighted by molar-refractivity contribution is 0.408. The van der Waals surface area contributed by atoms with Crippen LogP contribution < -0.4 is 5.56 Å². The van der Waals surface area contributed by atoms with Gasteiger partial charge in [0.1, 0.15) is 12.1 Å². The van der Waals surface area contributed by atoms with Crippen LogP contribution in [0.3, 0.4) is 0 Å². The molecule has 0 aliphatic heterocycles. The maximum Gasteiger partial charge on any atom is 0.278 e. The molecule has 0 amide bonds. The van der Waals surface area contributed by atoms with Crippen LogP contribution >= 0.6 is 0 Å². The highest BCUT2D eigenvalue weighted by atomic mass is 16.4. The monoisotopic (exact) mass is 271 g/mol. The fourth-order valence-corrected chi connectivity index (χ4v) is 1.82. The van der Waals surface area contributed by atoms with Crippen LogP contribution in [-0.4, -0.2) is 25.2 Å². The second-order valence-corrected chi connectivity index (χ2v) is 4.76. The SMILES string of the molecule is CC(C)c1nnc(Cn2nnc3ccccc3c2=O)o1. The Kier molecular flexibility index (Phi) is 3.02. The summed E-state index contributed by atoms with van der Waals surface area (Å²) in [6.07, 6.45) is 0. The first-order valence-electron chi connectivity index (χ1n) is 6.30. The molecule has 0 saturated heterocycles. The molecule has 3 aromatic rings. The van der Waals surface area contributed by atoms with E-state index in [9.17, 15) is 4.79 Å². The molecule has 1 aromatic carbocycles. The lowest BCUT2D eigenvalue weighted by atomic mass is 10.2. The Hall–Kier alpha value is -2.57. The van der Waals surface area contributed by atoms with Crippen molar-refractivity contribution in [2.75, 3.05) is 0 Å². The van der Waals surface area contributed by atoms with E-state index in [4.69, 9.17) is 4.42 Å². The summed E-state index contributed by atoms with van der Waals surface area (Å²) in [4.78, 5) is 12.2. The van der Waals surface area contributed by atoms with Gasteiger partial charge in [-0.1, -0.05) is 31.2 Å². The van der Waals surface area contributed by atoms with E-state index in [1.165, 1.54) is 4.68 Å². The van der Waals surface area contributed by atoms with Crippen molar-refractivity contribution in [3.05, 3.63) is 46.4 Å². The van der Waals surface area contributed by atoms with Gasteiger partial charge < -0.3 is 4.42 Å². The second kappa shape index (κ2) is 4.84. The van der Waals surface area contributed by atoms with Gasteiger partial charge in [-0.3, -0.25) is 4.79 Å². The van der Waals surface area contributed by atoms with Crippen molar-refractivity contribution < 1.29 is 4.42 Å². The zero-order valence-corrected chi connectivity index (χ0v) is 11.1. The van der Waals surface area contributed by atoms with Gasteiger partial charge in [0.05, 0.1) is 5.39 Å². The van der Waals surface area contributed by atoms with Gasteiger partial charge in [-0.25, -0.2) is 4.68 Å². The van der Waals surface area contributed by atoms with E-state index in [1.54, 1.807) is 18.2 Å². The molecule has 7 heteroatoms. The molecule has 0 aliphatic carbocycles. The average Bonchev–Trinajstić information content (AvgIpc) is 2.91. The molecule has 0 atom stereocenters. The lowest BCUT2D eigenvalue weighted by Crippen LogP contribution is -2.24. The van der Waals surface area contributed by atoms with E-state index >= 15 is 0 Å². The third kappa shape index (κ3) is 2.18. The lowest BCUT2D eigenvalue weighted by Gasteiger charge is -2.01. The average molecular weight is 271 g/mol. The first-order chi connectivity index (χ1) is 9.65. The summed E-state index contributed by atoms with van der Waals surface area (Å²) < 4.78 is 6.69. The summed E-state index contributed by atoms with van der Waals surface area (Å²) in [5.41, 5.74) is 0.349. The summed E-state index contributed by atoms with van der Waals surface area (Å²) in [5, 5.41) is 16.2. The zero-order valence-electron chi connectivity index (χ0n) is 11.1. The van der Waals surface area contributed by atoms with Crippen LogP contribution in [-0.2, 0) is 6.54 Å². The topological polar surface area (TPSA) is 86.7 Å².